The summed E-state index contributed by atoms with van der Waals surface area (Å²) in [5.74, 6) is 0.00639. The largest absolute Gasteiger partial charge is 0.355 e. The van der Waals surface area contributed by atoms with Crippen LogP contribution in [0.1, 0.15) is 32.6 Å². The van der Waals surface area contributed by atoms with Gasteiger partial charge in [-0.2, -0.15) is 0 Å². The van der Waals surface area contributed by atoms with Gasteiger partial charge in [0.1, 0.15) is 0 Å². The first-order chi connectivity index (χ1) is 7.95. The molecule has 0 aliphatic rings. The summed E-state index contributed by atoms with van der Waals surface area (Å²) in [5.41, 5.74) is 5.43. The molecule has 1 N–H and O–H groups in total. The maximum Gasteiger partial charge on any atom is 0.251 e. The number of hydrogen-bond acceptors (Lipinski definition) is 3. The molecule has 0 heterocycles. The fourth-order valence-corrected chi connectivity index (χ4v) is 3.92. The summed E-state index contributed by atoms with van der Waals surface area (Å²) in [6.45, 7) is 8.23. The topological polar surface area (TPSA) is 29.1 Å². The average Bonchev–Trinajstić information content (AvgIpc) is 2.32. The summed E-state index contributed by atoms with van der Waals surface area (Å²) in [5, 5.41) is 2.72. The number of benzene rings is 1. The van der Waals surface area contributed by atoms with E-state index in [1.807, 2.05) is 13.8 Å². The predicted octanol–water partition coefficient (Wildman–Crippen LogP) is 3.65. The van der Waals surface area contributed by atoms with E-state index < -0.39 is 0 Å². The number of amides is 1. The van der Waals surface area contributed by atoms with Crippen molar-refractivity contribution in [3.63, 3.8) is 0 Å². The SMILES string of the molecule is CNC(=O)c1c(C)c(C)c(SSC)c(C)c1C. The van der Waals surface area contributed by atoms with Crippen molar-refractivity contribution < 1.29 is 4.79 Å². The molecule has 0 radical (unpaired) electrons. The van der Waals surface area contributed by atoms with Crippen LogP contribution in [0.3, 0.4) is 0 Å². The van der Waals surface area contributed by atoms with E-state index in [0.717, 1.165) is 16.7 Å². The highest BCUT2D eigenvalue weighted by molar-refractivity contribution is 8.76. The lowest BCUT2D eigenvalue weighted by atomic mass is 9.93. The lowest BCUT2D eigenvalue weighted by molar-refractivity contribution is 0.0961. The van der Waals surface area contributed by atoms with Crippen molar-refractivity contribution in [1.82, 2.24) is 5.32 Å². The fourth-order valence-electron chi connectivity index (χ4n) is 1.95. The standard InChI is InChI=1S/C13H19NOS2/c1-7-9(3)12(17-16-6)10(4)8(2)11(7)13(15)14-5/h1-6H3,(H,14,15). The van der Waals surface area contributed by atoms with Gasteiger partial charge >= 0.3 is 0 Å². The molecule has 17 heavy (non-hydrogen) atoms. The molecule has 94 valence electrons. The van der Waals surface area contributed by atoms with Gasteiger partial charge in [0.05, 0.1) is 0 Å². The lowest BCUT2D eigenvalue weighted by Crippen LogP contribution is -2.21. The number of rotatable bonds is 3. The van der Waals surface area contributed by atoms with Crippen molar-refractivity contribution in [3.05, 3.63) is 27.8 Å². The molecular formula is C13H19NOS2. The first kappa shape index (κ1) is 14.5. The van der Waals surface area contributed by atoms with Gasteiger partial charge < -0.3 is 5.32 Å². The van der Waals surface area contributed by atoms with Crippen molar-refractivity contribution in [2.75, 3.05) is 13.3 Å². The van der Waals surface area contributed by atoms with Crippen LogP contribution in [-0.4, -0.2) is 19.2 Å². The molecule has 0 spiro atoms. The minimum Gasteiger partial charge on any atom is -0.355 e. The molecule has 0 saturated heterocycles. The summed E-state index contributed by atoms with van der Waals surface area (Å²) in [7, 11) is 5.18. The van der Waals surface area contributed by atoms with Crippen LogP contribution in [0.5, 0.6) is 0 Å². The van der Waals surface area contributed by atoms with Crippen LogP contribution in [0.15, 0.2) is 4.90 Å². The maximum absolute atomic E-state index is 11.9. The van der Waals surface area contributed by atoms with Gasteiger partial charge in [0.2, 0.25) is 0 Å². The minimum absolute atomic E-state index is 0.00639. The quantitative estimate of drug-likeness (QED) is 0.849. The summed E-state index contributed by atoms with van der Waals surface area (Å²) >= 11 is 0. The van der Waals surface area contributed by atoms with Crippen molar-refractivity contribution in [2.45, 2.75) is 32.6 Å². The molecule has 0 fully saturated rings. The zero-order valence-corrected chi connectivity index (χ0v) is 12.9. The molecule has 4 heteroatoms. The Bertz CT molecular complexity index is 426. The van der Waals surface area contributed by atoms with Crippen LogP contribution >= 0.6 is 21.6 Å². The summed E-state index contributed by atoms with van der Waals surface area (Å²) in [6, 6.07) is 0. The van der Waals surface area contributed by atoms with Crippen molar-refractivity contribution in [2.24, 2.45) is 0 Å². The van der Waals surface area contributed by atoms with Crippen LogP contribution in [0, 0.1) is 27.7 Å². The van der Waals surface area contributed by atoms with E-state index in [9.17, 15) is 4.79 Å². The molecule has 1 rings (SSSR count). The molecule has 1 aromatic rings. The molecule has 1 amide bonds. The molecule has 0 bridgehead atoms. The zero-order valence-electron chi connectivity index (χ0n) is 11.2. The van der Waals surface area contributed by atoms with Gasteiger partial charge in [0.25, 0.3) is 5.91 Å². The van der Waals surface area contributed by atoms with Crippen molar-refractivity contribution in [1.29, 1.82) is 0 Å². The third-order valence-electron chi connectivity index (χ3n) is 3.18. The summed E-state index contributed by atoms with van der Waals surface area (Å²) in [6.07, 6.45) is 2.07. The van der Waals surface area contributed by atoms with Crippen LogP contribution in [0.4, 0.5) is 0 Å². The highest BCUT2D eigenvalue weighted by Crippen LogP contribution is 2.38. The van der Waals surface area contributed by atoms with Gasteiger partial charge in [0.15, 0.2) is 0 Å². The Morgan fingerprint density at radius 2 is 1.47 bits per heavy atom. The van der Waals surface area contributed by atoms with Crippen molar-refractivity contribution in [3.8, 4) is 0 Å². The summed E-state index contributed by atoms with van der Waals surface area (Å²) in [4.78, 5) is 13.2. The van der Waals surface area contributed by atoms with Crippen LogP contribution in [-0.2, 0) is 0 Å². The number of nitrogens with one attached hydrogen (secondary N) is 1. The molecule has 2 nitrogen and oxygen atoms in total. The van der Waals surface area contributed by atoms with Gasteiger partial charge in [0, 0.05) is 17.5 Å². The van der Waals surface area contributed by atoms with Crippen LogP contribution in [0.25, 0.3) is 0 Å². The Balaban J connectivity index is 3.52. The van der Waals surface area contributed by atoms with E-state index in [-0.39, 0.29) is 5.91 Å². The summed E-state index contributed by atoms with van der Waals surface area (Å²) < 4.78 is 0. The Hall–Kier alpha value is -0.610. The average molecular weight is 269 g/mol. The predicted molar refractivity (Wildman–Crippen MR) is 78.2 cm³/mol. The van der Waals surface area contributed by atoms with Crippen LogP contribution < -0.4 is 5.32 Å². The van der Waals surface area contributed by atoms with Gasteiger partial charge in [-0.25, -0.2) is 0 Å². The molecule has 0 aromatic heterocycles. The number of carbonyl (C=O) groups excluding carboxylic acids is 1. The second-order valence-corrected chi connectivity index (χ2v) is 6.44. The van der Waals surface area contributed by atoms with E-state index >= 15 is 0 Å². The van der Waals surface area contributed by atoms with E-state index in [2.05, 4.69) is 25.4 Å². The number of hydrogen-bond donors (Lipinski definition) is 1. The number of carbonyl (C=O) groups is 1. The van der Waals surface area contributed by atoms with Crippen LogP contribution in [0.2, 0.25) is 0 Å². The second-order valence-electron chi connectivity index (χ2n) is 4.03. The molecule has 1 aromatic carbocycles. The Morgan fingerprint density at radius 1 is 1.00 bits per heavy atom. The normalized spacial score (nSPS) is 10.5. The Kier molecular flexibility index (Phi) is 4.95. The van der Waals surface area contributed by atoms with E-state index in [1.165, 1.54) is 16.0 Å². The van der Waals surface area contributed by atoms with Gasteiger partial charge in [-0.15, -0.1) is 0 Å². The Labute approximate surface area is 111 Å². The lowest BCUT2D eigenvalue weighted by Gasteiger charge is -2.18. The van der Waals surface area contributed by atoms with Gasteiger partial charge in [-0.1, -0.05) is 21.6 Å². The Morgan fingerprint density at radius 3 is 1.82 bits per heavy atom. The molecule has 0 atom stereocenters. The fraction of sp³-hybridized carbons (Fsp3) is 0.462. The highest BCUT2D eigenvalue weighted by Gasteiger charge is 2.18. The second kappa shape index (κ2) is 5.83. The van der Waals surface area contributed by atoms with Crippen molar-refractivity contribution >= 4 is 27.5 Å². The molecule has 0 aliphatic heterocycles. The highest BCUT2D eigenvalue weighted by atomic mass is 33.1. The van der Waals surface area contributed by atoms with E-state index in [0.29, 0.717) is 0 Å². The third kappa shape index (κ3) is 2.63. The maximum atomic E-state index is 11.9. The third-order valence-corrected chi connectivity index (χ3v) is 5.12. The minimum atomic E-state index is 0.00639. The first-order valence-corrected chi connectivity index (χ1v) is 8.04. The molecule has 0 saturated carbocycles. The first-order valence-electron chi connectivity index (χ1n) is 5.48. The van der Waals surface area contributed by atoms with Gasteiger partial charge in [-0.05, 0) is 56.2 Å². The van der Waals surface area contributed by atoms with E-state index in [1.54, 1.807) is 28.6 Å². The molecule has 0 aliphatic carbocycles. The smallest absolute Gasteiger partial charge is 0.251 e. The molecular weight excluding hydrogens is 250 g/mol. The zero-order chi connectivity index (χ0) is 13.2. The van der Waals surface area contributed by atoms with E-state index in [4.69, 9.17) is 0 Å². The van der Waals surface area contributed by atoms with Gasteiger partial charge in [-0.3, -0.25) is 4.79 Å². The monoisotopic (exact) mass is 269 g/mol. The molecule has 0 unspecified atom stereocenters.